The number of carboxylic acid groups (broad SMARTS) is 1. The van der Waals surface area contributed by atoms with Crippen LogP contribution in [0.15, 0.2) is 0 Å². The van der Waals surface area contributed by atoms with E-state index in [1.165, 1.54) is 11.9 Å². The van der Waals surface area contributed by atoms with Gasteiger partial charge in [-0.25, -0.2) is 4.79 Å². The van der Waals surface area contributed by atoms with Crippen molar-refractivity contribution < 1.29 is 27.9 Å². The lowest BCUT2D eigenvalue weighted by molar-refractivity contribution is -0.187. The van der Waals surface area contributed by atoms with Crippen molar-refractivity contribution in [1.82, 2.24) is 9.80 Å². The first-order valence-electron chi connectivity index (χ1n) is 5.87. The molecule has 0 aliphatic carbocycles. The zero-order valence-electron chi connectivity index (χ0n) is 10.9. The largest absolute Gasteiger partial charge is 0.481 e. The molecule has 0 unspecified atom stereocenters. The van der Waals surface area contributed by atoms with Crippen LogP contribution in [0.5, 0.6) is 0 Å². The van der Waals surface area contributed by atoms with Gasteiger partial charge in [0, 0.05) is 26.2 Å². The van der Waals surface area contributed by atoms with Crippen LogP contribution >= 0.6 is 0 Å². The molecule has 0 spiro atoms. The molecule has 1 rings (SSSR count). The van der Waals surface area contributed by atoms with Gasteiger partial charge < -0.3 is 14.9 Å². The summed E-state index contributed by atoms with van der Waals surface area (Å²) in [6.45, 7) is 2.44. The summed E-state index contributed by atoms with van der Waals surface area (Å²) in [4.78, 5) is 25.0. The molecule has 0 bridgehead atoms. The summed E-state index contributed by atoms with van der Waals surface area (Å²) in [7, 11) is 1.48. The van der Waals surface area contributed by atoms with E-state index < -0.39 is 43.1 Å². The van der Waals surface area contributed by atoms with Crippen LogP contribution in [0.1, 0.15) is 13.8 Å². The average Bonchev–Trinajstić information content (AvgIpc) is 2.71. The minimum absolute atomic E-state index is 0.166. The highest BCUT2D eigenvalue weighted by Crippen LogP contribution is 2.38. The van der Waals surface area contributed by atoms with Gasteiger partial charge in [-0.1, -0.05) is 0 Å². The van der Waals surface area contributed by atoms with Gasteiger partial charge >= 0.3 is 18.2 Å². The summed E-state index contributed by atoms with van der Waals surface area (Å²) in [6, 6.07) is -0.742. The second kappa shape index (κ2) is 5.26. The van der Waals surface area contributed by atoms with Crippen molar-refractivity contribution in [1.29, 1.82) is 0 Å². The Bertz CT molecular complexity index is 371. The zero-order valence-corrected chi connectivity index (χ0v) is 10.9. The van der Waals surface area contributed by atoms with E-state index in [9.17, 15) is 22.8 Å². The Balaban J connectivity index is 2.87. The molecular formula is C11H17F3N2O3. The third-order valence-corrected chi connectivity index (χ3v) is 3.40. The van der Waals surface area contributed by atoms with E-state index >= 15 is 0 Å². The van der Waals surface area contributed by atoms with Crippen molar-refractivity contribution in [2.75, 3.05) is 20.1 Å². The second-order valence-electron chi connectivity index (χ2n) is 4.99. The molecule has 2 atom stereocenters. The Kier molecular flexibility index (Phi) is 4.32. The molecule has 5 nitrogen and oxygen atoms in total. The molecule has 0 aromatic rings. The maximum atomic E-state index is 12.8. The Morgan fingerprint density at radius 1 is 1.32 bits per heavy atom. The van der Waals surface area contributed by atoms with E-state index in [0.29, 0.717) is 0 Å². The molecule has 1 aliphatic heterocycles. The predicted octanol–water partition coefficient (Wildman–Crippen LogP) is 1.64. The molecule has 0 radical (unpaired) electrons. The van der Waals surface area contributed by atoms with Crippen molar-refractivity contribution in [3.63, 3.8) is 0 Å². The van der Waals surface area contributed by atoms with Crippen LogP contribution in [0.3, 0.4) is 0 Å². The number of halogens is 3. The standard InChI is InChI=1S/C11H17F3N2O3/c1-6(2)15(3)10(19)16-4-7(9(17)18)8(5-16)11(12,13)14/h6-8H,4-5H2,1-3H3,(H,17,18)/t7-,8-/m1/s1. The summed E-state index contributed by atoms with van der Waals surface area (Å²) in [5.41, 5.74) is 0. The van der Waals surface area contributed by atoms with Gasteiger partial charge in [-0.3, -0.25) is 4.79 Å². The molecule has 8 heteroatoms. The molecule has 1 N–H and O–H groups in total. The van der Waals surface area contributed by atoms with Crippen LogP contribution in [0, 0.1) is 11.8 Å². The van der Waals surface area contributed by atoms with Crippen LogP contribution in [-0.2, 0) is 4.79 Å². The Morgan fingerprint density at radius 3 is 2.16 bits per heavy atom. The fourth-order valence-electron chi connectivity index (χ4n) is 1.99. The number of rotatable bonds is 2. The number of alkyl halides is 3. The number of carbonyl (C=O) groups excluding carboxylic acids is 1. The molecule has 1 saturated heterocycles. The zero-order chi connectivity index (χ0) is 15.0. The van der Waals surface area contributed by atoms with E-state index in [1.54, 1.807) is 13.8 Å². The lowest BCUT2D eigenvalue weighted by Gasteiger charge is -2.27. The number of amides is 2. The van der Waals surface area contributed by atoms with Crippen LogP contribution in [-0.4, -0.2) is 59.3 Å². The monoisotopic (exact) mass is 282 g/mol. The van der Waals surface area contributed by atoms with Gasteiger partial charge in [0.25, 0.3) is 0 Å². The van der Waals surface area contributed by atoms with Gasteiger partial charge in [-0.15, -0.1) is 0 Å². The maximum Gasteiger partial charge on any atom is 0.394 e. The predicted molar refractivity (Wildman–Crippen MR) is 60.5 cm³/mol. The minimum Gasteiger partial charge on any atom is -0.481 e. The number of carboxylic acids is 1. The number of hydrogen-bond acceptors (Lipinski definition) is 2. The summed E-state index contributed by atoms with van der Waals surface area (Å²) in [5, 5.41) is 8.84. The SMILES string of the molecule is CC(C)N(C)C(=O)N1C[C@@H](C(F)(F)F)[C@H](C(=O)O)C1. The molecule has 0 aromatic carbocycles. The van der Waals surface area contributed by atoms with E-state index in [1.807, 2.05) is 0 Å². The summed E-state index contributed by atoms with van der Waals surface area (Å²) >= 11 is 0. The molecule has 2 amide bonds. The van der Waals surface area contributed by atoms with Gasteiger partial charge in [0.15, 0.2) is 0 Å². The number of nitrogens with zero attached hydrogens (tertiary/aromatic N) is 2. The quantitative estimate of drug-likeness (QED) is 0.837. The Hall–Kier alpha value is -1.47. The first-order chi connectivity index (χ1) is 8.55. The van der Waals surface area contributed by atoms with E-state index in [-0.39, 0.29) is 6.04 Å². The van der Waals surface area contributed by atoms with Crippen LogP contribution in [0.25, 0.3) is 0 Å². The molecule has 1 aliphatic rings. The molecule has 19 heavy (non-hydrogen) atoms. The highest BCUT2D eigenvalue weighted by atomic mass is 19.4. The van der Waals surface area contributed by atoms with Gasteiger partial charge in [-0.2, -0.15) is 13.2 Å². The number of carbonyl (C=O) groups is 2. The molecule has 1 heterocycles. The normalized spacial score (nSPS) is 23.8. The molecular weight excluding hydrogens is 265 g/mol. The highest BCUT2D eigenvalue weighted by molar-refractivity contribution is 5.78. The Morgan fingerprint density at radius 2 is 1.84 bits per heavy atom. The minimum atomic E-state index is -4.62. The lowest BCUT2D eigenvalue weighted by Crippen LogP contribution is -2.43. The number of hydrogen-bond donors (Lipinski definition) is 1. The fraction of sp³-hybridized carbons (Fsp3) is 0.818. The van der Waals surface area contributed by atoms with E-state index in [2.05, 4.69) is 0 Å². The molecule has 1 fully saturated rings. The van der Waals surface area contributed by atoms with Crippen LogP contribution in [0.2, 0.25) is 0 Å². The van der Waals surface area contributed by atoms with Gasteiger partial charge in [-0.05, 0) is 13.8 Å². The highest BCUT2D eigenvalue weighted by Gasteiger charge is 2.53. The van der Waals surface area contributed by atoms with Crippen molar-refractivity contribution >= 4 is 12.0 Å². The topological polar surface area (TPSA) is 60.9 Å². The number of likely N-dealkylation sites (tertiary alicyclic amines) is 1. The summed E-state index contributed by atoms with van der Waals surface area (Å²) in [6.07, 6.45) is -4.62. The molecule has 110 valence electrons. The number of urea groups is 1. The van der Waals surface area contributed by atoms with E-state index in [4.69, 9.17) is 5.11 Å². The third-order valence-electron chi connectivity index (χ3n) is 3.40. The summed E-state index contributed by atoms with van der Waals surface area (Å²) < 4.78 is 38.3. The average molecular weight is 282 g/mol. The van der Waals surface area contributed by atoms with Crippen molar-refractivity contribution in [2.24, 2.45) is 11.8 Å². The summed E-state index contributed by atoms with van der Waals surface area (Å²) in [5.74, 6) is -5.12. The van der Waals surface area contributed by atoms with Gasteiger partial charge in [0.1, 0.15) is 0 Å². The third kappa shape index (κ3) is 3.30. The smallest absolute Gasteiger partial charge is 0.394 e. The molecule has 0 saturated carbocycles. The van der Waals surface area contributed by atoms with Crippen LogP contribution < -0.4 is 0 Å². The first kappa shape index (κ1) is 15.6. The van der Waals surface area contributed by atoms with Crippen LogP contribution in [0.4, 0.5) is 18.0 Å². The number of aliphatic carboxylic acids is 1. The van der Waals surface area contributed by atoms with Gasteiger partial charge in [0.2, 0.25) is 0 Å². The van der Waals surface area contributed by atoms with Crippen molar-refractivity contribution in [3.8, 4) is 0 Å². The van der Waals surface area contributed by atoms with Crippen molar-refractivity contribution in [2.45, 2.75) is 26.1 Å². The second-order valence-corrected chi connectivity index (χ2v) is 4.99. The molecule has 0 aromatic heterocycles. The fourth-order valence-corrected chi connectivity index (χ4v) is 1.99. The maximum absolute atomic E-state index is 12.8. The van der Waals surface area contributed by atoms with Crippen molar-refractivity contribution in [3.05, 3.63) is 0 Å². The Labute approximate surface area is 109 Å². The lowest BCUT2D eigenvalue weighted by atomic mass is 9.96. The first-order valence-corrected chi connectivity index (χ1v) is 5.87. The van der Waals surface area contributed by atoms with Gasteiger partial charge in [0.05, 0.1) is 11.8 Å². The van der Waals surface area contributed by atoms with E-state index in [0.717, 1.165) is 4.90 Å².